The van der Waals surface area contributed by atoms with Crippen molar-refractivity contribution in [2.45, 2.75) is 39.2 Å². The molecule has 1 rings (SSSR count). The summed E-state index contributed by atoms with van der Waals surface area (Å²) in [5.74, 6) is 2.86. The van der Waals surface area contributed by atoms with Crippen molar-refractivity contribution in [1.29, 1.82) is 0 Å². The van der Waals surface area contributed by atoms with Crippen molar-refractivity contribution in [2.75, 3.05) is 11.5 Å². The average Bonchev–Trinajstić information content (AvgIpc) is 2.19. The first kappa shape index (κ1) is 10.9. The second kappa shape index (κ2) is 5.53. The Morgan fingerprint density at radius 1 is 1.54 bits per heavy atom. The molecule has 1 heterocycles. The van der Waals surface area contributed by atoms with Crippen molar-refractivity contribution >= 4 is 17.7 Å². The van der Waals surface area contributed by atoms with E-state index >= 15 is 0 Å². The Labute approximate surface area is 84.9 Å². The van der Waals surface area contributed by atoms with Crippen LogP contribution in [0.5, 0.6) is 0 Å². The third kappa shape index (κ3) is 3.59. The van der Waals surface area contributed by atoms with E-state index in [2.05, 4.69) is 19.2 Å². The molecule has 76 valence electrons. The molecule has 1 amide bonds. The van der Waals surface area contributed by atoms with E-state index in [0.29, 0.717) is 6.04 Å². The molecule has 1 aliphatic rings. The lowest BCUT2D eigenvalue weighted by Crippen LogP contribution is -2.38. The summed E-state index contributed by atoms with van der Waals surface area (Å²) in [4.78, 5) is 11.6. The third-order valence-electron chi connectivity index (χ3n) is 2.59. The van der Waals surface area contributed by atoms with E-state index in [1.54, 1.807) is 0 Å². The number of carbonyl (C=O) groups excluding carboxylic acids is 1. The highest BCUT2D eigenvalue weighted by molar-refractivity contribution is 7.99. The van der Waals surface area contributed by atoms with Crippen LogP contribution in [-0.2, 0) is 4.79 Å². The van der Waals surface area contributed by atoms with Crippen LogP contribution in [0.4, 0.5) is 0 Å². The molecule has 1 unspecified atom stereocenters. The second-order valence-corrected chi connectivity index (χ2v) is 4.93. The summed E-state index contributed by atoms with van der Waals surface area (Å²) in [7, 11) is 0. The van der Waals surface area contributed by atoms with E-state index in [-0.39, 0.29) is 11.8 Å². The van der Waals surface area contributed by atoms with Crippen LogP contribution in [0.3, 0.4) is 0 Å². The number of hydrogen-bond acceptors (Lipinski definition) is 2. The van der Waals surface area contributed by atoms with Gasteiger partial charge < -0.3 is 5.32 Å². The topological polar surface area (TPSA) is 29.1 Å². The monoisotopic (exact) mass is 201 g/mol. The standard InChI is InChI=1S/C10H19NOS/c1-3-8(2)11-10(12)9-4-6-13-7-5-9/h8-9H,3-7H2,1-2H3,(H,11,12). The highest BCUT2D eigenvalue weighted by Gasteiger charge is 2.21. The summed E-state index contributed by atoms with van der Waals surface area (Å²) in [5.41, 5.74) is 0. The summed E-state index contributed by atoms with van der Waals surface area (Å²) in [6.45, 7) is 4.16. The molecule has 2 nitrogen and oxygen atoms in total. The maximum atomic E-state index is 11.6. The van der Waals surface area contributed by atoms with Gasteiger partial charge in [0.15, 0.2) is 0 Å². The van der Waals surface area contributed by atoms with Crippen molar-refractivity contribution in [3.05, 3.63) is 0 Å². The van der Waals surface area contributed by atoms with Gasteiger partial charge in [-0.25, -0.2) is 0 Å². The highest BCUT2D eigenvalue weighted by atomic mass is 32.2. The zero-order valence-electron chi connectivity index (χ0n) is 8.51. The Morgan fingerprint density at radius 3 is 2.69 bits per heavy atom. The maximum absolute atomic E-state index is 11.6. The predicted octanol–water partition coefficient (Wildman–Crippen LogP) is 2.04. The van der Waals surface area contributed by atoms with Gasteiger partial charge >= 0.3 is 0 Å². The minimum atomic E-state index is 0.273. The molecule has 1 atom stereocenters. The molecule has 0 aromatic carbocycles. The van der Waals surface area contributed by atoms with Crippen molar-refractivity contribution in [1.82, 2.24) is 5.32 Å². The first-order valence-electron chi connectivity index (χ1n) is 5.12. The third-order valence-corrected chi connectivity index (χ3v) is 3.64. The molecule has 0 aromatic rings. The Bertz CT molecular complexity index is 166. The summed E-state index contributed by atoms with van der Waals surface area (Å²) in [5, 5.41) is 3.05. The van der Waals surface area contributed by atoms with Crippen LogP contribution in [0.25, 0.3) is 0 Å². The molecule has 0 aromatic heterocycles. The lowest BCUT2D eigenvalue weighted by Gasteiger charge is -2.22. The molecule has 13 heavy (non-hydrogen) atoms. The van der Waals surface area contributed by atoms with Gasteiger partial charge in [-0.1, -0.05) is 6.92 Å². The molecule has 1 saturated heterocycles. The quantitative estimate of drug-likeness (QED) is 0.757. The first-order valence-corrected chi connectivity index (χ1v) is 6.27. The molecule has 1 aliphatic heterocycles. The maximum Gasteiger partial charge on any atom is 0.223 e. The molecular formula is C10H19NOS. The fraction of sp³-hybridized carbons (Fsp3) is 0.900. The zero-order chi connectivity index (χ0) is 9.68. The van der Waals surface area contributed by atoms with Crippen LogP contribution < -0.4 is 5.32 Å². The van der Waals surface area contributed by atoms with E-state index in [4.69, 9.17) is 0 Å². The number of rotatable bonds is 3. The van der Waals surface area contributed by atoms with E-state index in [9.17, 15) is 4.79 Å². The molecule has 0 radical (unpaired) electrons. The van der Waals surface area contributed by atoms with Crippen molar-refractivity contribution in [3.8, 4) is 0 Å². The summed E-state index contributed by atoms with van der Waals surface area (Å²) >= 11 is 1.96. The Kier molecular flexibility index (Phi) is 4.64. The summed E-state index contributed by atoms with van der Waals surface area (Å²) in [6.07, 6.45) is 3.15. The number of carbonyl (C=O) groups is 1. The summed E-state index contributed by atoms with van der Waals surface area (Å²) in [6, 6.07) is 0.335. The Hall–Kier alpha value is -0.180. The van der Waals surface area contributed by atoms with Gasteiger partial charge in [0, 0.05) is 12.0 Å². The molecule has 1 fully saturated rings. The van der Waals surface area contributed by atoms with Crippen LogP contribution >= 0.6 is 11.8 Å². The van der Waals surface area contributed by atoms with Gasteiger partial charge in [-0.15, -0.1) is 0 Å². The zero-order valence-corrected chi connectivity index (χ0v) is 9.32. The average molecular weight is 201 g/mol. The fourth-order valence-corrected chi connectivity index (χ4v) is 2.53. The minimum Gasteiger partial charge on any atom is -0.353 e. The largest absolute Gasteiger partial charge is 0.353 e. The van der Waals surface area contributed by atoms with Crippen molar-refractivity contribution in [3.63, 3.8) is 0 Å². The molecular weight excluding hydrogens is 182 g/mol. The van der Waals surface area contributed by atoms with Crippen LogP contribution in [0.2, 0.25) is 0 Å². The number of amides is 1. The normalized spacial score (nSPS) is 21.1. The van der Waals surface area contributed by atoms with Gasteiger partial charge in [0.25, 0.3) is 0 Å². The van der Waals surface area contributed by atoms with Gasteiger partial charge in [0.1, 0.15) is 0 Å². The van der Waals surface area contributed by atoms with Gasteiger partial charge in [-0.2, -0.15) is 11.8 Å². The van der Waals surface area contributed by atoms with Crippen molar-refractivity contribution < 1.29 is 4.79 Å². The predicted molar refractivity (Wildman–Crippen MR) is 57.9 cm³/mol. The molecule has 0 aliphatic carbocycles. The van der Waals surface area contributed by atoms with Gasteiger partial charge in [-0.05, 0) is 37.7 Å². The van der Waals surface area contributed by atoms with Crippen LogP contribution in [0, 0.1) is 5.92 Å². The second-order valence-electron chi connectivity index (χ2n) is 3.70. The highest BCUT2D eigenvalue weighted by Crippen LogP contribution is 2.22. The number of thioether (sulfide) groups is 1. The van der Waals surface area contributed by atoms with Gasteiger partial charge in [0.05, 0.1) is 0 Å². The molecule has 0 bridgehead atoms. The SMILES string of the molecule is CCC(C)NC(=O)C1CCSCC1. The van der Waals surface area contributed by atoms with Gasteiger partial charge in [0.2, 0.25) is 5.91 Å². The minimum absolute atomic E-state index is 0.273. The van der Waals surface area contributed by atoms with Crippen LogP contribution in [0.1, 0.15) is 33.1 Å². The van der Waals surface area contributed by atoms with E-state index < -0.39 is 0 Å². The van der Waals surface area contributed by atoms with E-state index in [1.807, 2.05) is 11.8 Å². The number of hydrogen-bond donors (Lipinski definition) is 1. The van der Waals surface area contributed by atoms with Crippen LogP contribution in [0.15, 0.2) is 0 Å². The van der Waals surface area contributed by atoms with E-state index in [0.717, 1.165) is 30.8 Å². The molecule has 3 heteroatoms. The lowest BCUT2D eigenvalue weighted by molar-refractivity contribution is -0.125. The van der Waals surface area contributed by atoms with Crippen molar-refractivity contribution in [2.24, 2.45) is 5.92 Å². The Morgan fingerprint density at radius 2 is 2.15 bits per heavy atom. The van der Waals surface area contributed by atoms with E-state index in [1.165, 1.54) is 0 Å². The molecule has 0 spiro atoms. The fourth-order valence-electron chi connectivity index (χ4n) is 1.42. The first-order chi connectivity index (χ1) is 6.24. The molecule has 1 N–H and O–H groups in total. The lowest BCUT2D eigenvalue weighted by atomic mass is 10.0. The number of nitrogens with one attached hydrogen (secondary N) is 1. The molecule has 0 saturated carbocycles. The summed E-state index contributed by atoms with van der Waals surface area (Å²) < 4.78 is 0. The van der Waals surface area contributed by atoms with Crippen LogP contribution in [-0.4, -0.2) is 23.5 Å². The van der Waals surface area contributed by atoms with Gasteiger partial charge in [-0.3, -0.25) is 4.79 Å². The Balaban J connectivity index is 2.29. The smallest absolute Gasteiger partial charge is 0.223 e.